The SMILES string of the molecule is CC(CC(=O)O)(NC(=O)c1cnc(NC(=O)OCC2c3ccccc3-c3ccccc32)s1)C1CC1. The molecule has 35 heavy (non-hydrogen) atoms. The van der Waals surface area contributed by atoms with Gasteiger partial charge in [-0.25, -0.2) is 9.78 Å². The molecule has 2 aliphatic carbocycles. The Bertz CT molecular complexity index is 1260. The van der Waals surface area contributed by atoms with Crippen LogP contribution in [0.15, 0.2) is 54.7 Å². The standard InChI is InChI=1S/C26H25N3O5S/c1-26(12-22(30)31,15-10-11-15)29-23(32)21-13-27-24(35-21)28-25(33)34-14-20-18-8-4-2-6-16(18)17-7-3-5-9-19(17)20/h2-9,13,15,20H,10-12,14H2,1H3,(H,29,32)(H,30,31)(H,27,28,33). The Balaban J connectivity index is 1.20. The number of fused-ring (bicyclic) bond motifs is 3. The van der Waals surface area contributed by atoms with Crippen molar-refractivity contribution < 1.29 is 24.2 Å². The van der Waals surface area contributed by atoms with Gasteiger partial charge >= 0.3 is 12.1 Å². The van der Waals surface area contributed by atoms with E-state index >= 15 is 0 Å². The van der Waals surface area contributed by atoms with Crippen molar-refractivity contribution in [3.63, 3.8) is 0 Å². The van der Waals surface area contributed by atoms with E-state index < -0.39 is 23.5 Å². The van der Waals surface area contributed by atoms with E-state index in [-0.39, 0.29) is 34.9 Å². The molecule has 1 fully saturated rings. The number of ether oxygens (including phenoxy) is 1. The highest BCUT2D eigenvalue weighted by Gasteiger charge is 2.44. The second-order valence-electron chi connectivity index (χ2n) is 9.20. The van der Waals surface area contributed by atoms with Crippen LogP contribution >= 0.6 is 11.3 Å². The zero-order valence-corrected chi connectivity index (χ0v) is 19.9. The topological polar surface area (TPSA) is 118 Å². The van der Waals surface area contributed by atoms with Crippen LogP contribution in [0.1, 0.15) is 52.9 Å². The minimum atomic E-state index is -0.957. The predicted octanol–water partition coefficient (Wildman–Crippen LogP) is 4.88. The van der Waals surface area contributed by atoms with E-state index in [1.54, 1.807) is 6.92 Å². The first-order chi connectivity index (χ1) is 16.8. The summed E-state index contributed by atoms with van der Waals surface area (Å²) < 4.78 is 5.53. The van der Waals surface area contributed by atoms with Gasteiger partial charge in [-0.2, -0.15) is 0 Å². The third kappa shape index (κ3) is 4.77. The largest absolute Gasteiger partial charge is 0.481 e. The summed E-state index contributed by atoms with van der Waals surface area (Å²) >= 11 is 1.01. The molecule has 2 aliphatic rings. The lowest BCUT2D eigenvalue weighted by molar-refractivity contribution is -0.138. The lowest BCUT2D eigenvalue weighted by atomic mass is 9.91. The Labute approximate surface area is 206 Å². The molecular weight excluding hydrogens is 466 g/mol. The van der Waals surface area contributed by atoms with Crippen LogP contribution in [0.3, 0.4) is 0 Å². The van der Waals surface area contributed by atoms with Crippen LogP contribution in [0.5, 0.6) is 0 Å². The predicted molar refractivity (Wildman–Crippen MR) is 132 cm³/mol. The van der Waals surface area contributed by atoms with Gasteiger partial charge in [-0.15, -0.1) is 0 Å². The van der Waals surface area contributed by atoms with E-state index in [0.29, 0.717) is 0 Å². The molecule has 1 saturated carbocycles. The molecule has 1 aromatic heterocycles. The molecule has 0 saturated heterocycles. The van der Waals surface area contributed by atoms with E-state index in [9.17, 15) is 19.5 Å². The summed E-state index contributed by atoms with van der Waals surface area (Å²) in [4.78, 5) is 40.9. The zero-order valence-electron chi connectivity index (χ0n) is 19.1. The second kappa shape index (κ2) is 9.14. The minimum absolute atomic E-state index is 0.0554. The second-order valence-corrected chi connectivity index (χ2v) is 10.2. The van der Waals surface area contributed by atoms with E-state index in [1.807, 2.05) is 36.4 Å². The molecule has 1 atom stereocenters. The number of carbonyl (C=O) groups is 3. The molecule has 2 aromatic carbocycles. The average molecular weight is 492 g/mol. The number of nitrogens with zero attached hydrogens (tertiary/aromatic N) is 1. The highest BCUT2D eigenvalue weighted by molar-refractivity contribution is 7.17. The summed E-state index contributed by atoms with van der Waals surface area (Å²) in [6.07, 6.45) is 2.35. The van der Waals surface area contributed by atoms with Gasteiger partial charge in [-0.05, 0) is 47.9 Å². The summed E-state index contributed by atoms with van der Waals surface area (Å²) in [5, 5.41) is 14.9. The molecular formula is C26H25N3O5S. The minimum Gasteiger partial charge on any atom is -0.481 e. The smallest absolute Gasteiger partial charge is 0.413 e. The van der Waals surface area contributed by atoms with Crippen LogP contribution in [0.2, 0.25) is 0 Å². The van der Waals surface area contributed by atoms with Gasteiger partial charge in [-0.1, -0.05) is 59.9 Å². The van der Waals surface area contributed by atoms with Crippen LogP contribution in [0.25, 0.3) is 11.1 Å². The summed E-state index contributed by atoms with van der Waals surface area (Å²) in [5.41, 5.74) is 3.72. The Morgan fingerprint density at radius 3 is 2.31 bits per heavy atom. The number of carboxylic acid groups (broad SMARTS) is 1. The Kier molecular flexibility index (Phi) is 6.02. The Hall–Kier alpha value is -3.72. The highest BCUT2D eigenvalue weighted by Crippen LogP contribution is 2.44. The molecule has 0 bridgehead atoms. The van der Waals surface area contributed by atoms with E-state index in [4.69, 9.17) is 4.74 Å². The van der Waals surface area contributed by atoms with E-state index in [2.05, 4.69) is 27.8 Å². The Morgan fingerprint density at radius 1 is 1.09 bits per heavy atom. The normalized spacial score (nSPS) is 16.0. The molecule has 0 spiro atoms. The maximum absolute atomic E-state index is 12.7. The number of thiazole rings is 1. The highest BCUT2D eigenvalue weighted by atomic mass is 32.1. The summed E-state index contributed by atoms with van der Waals surface area (Å²) in [6.45, 7) is 1.93. The maximum atomic E-state index is 12.7. The number of aliphatic carboxylic acids is 1. The fourth-order valence-corrected chi connectivity index (χ4v) is 5.50. The van der Waals surface area contributed by atoms with Crippen molar-refractivity contribution in [3.05, 3.63) is 70.7 Å². The molecule has 5 rings (SSSR count). The molecule has 3 N–H and O–H groups in total. The first-order valence-corrected chi connectivity index (χ1v) is 12.3. The summed E-state index contributed by atoms with van der Waals surface area (Å²) in [7, 11) is 0. The third-order valence-corrected chi connectivity index (χ3v) is 7.59. The van der Waals surface area contributed by atoms with Crippen LogP contribution in [0, 0.1) is 5.92 Å². The number of carbonyl (C=O) groups excluding carboxylic acids is 2. The van der Waals surface area contributed by atoms with Gasteiger partial charge in [0, 0.05) is 5.92 Å². The van der Waals surface area contributed by atoms with Gasteiger partial charge < -0.3 is 15.2 Å². The molecule has 8 nitrogen and oxygen atoms in total. The van der Waals surface area contributed by atoms with Crippen LogP contribution in [-0.4, -0.2) is 40.2 Å². The van der Waals surface area contributed by atoms with Crippen molar-refractivity contribution in [1.82, 2.24) is 10.3 Å². The third-order valence-electron chi connectivity index (χ3n) is 6.68. The molecule has 1 unspecified atom stereocenters. The van der Waals surface area contributed by atoms with Crippen LogP contribution < -0.4 is 10.6 Å². The number of carboxylic acids is 1. The van der Waals surface area contributed by atoms with Gasteiger partial charge in [-0.3, -0.25) is 14.9 Å². The fourth-order valence-electron chi connectivity index (χ4n) is 4.80. The van der Waals surface area contributed by atoms with Gasteiger partial charge in [0.1, 0.15) is 11.5 Å². The Morgan fingerprint density at radius 2 is 1.71 bits per heavy atom. The van der Waals surface area contributed by atoms with Crippen LogP contribution in [-0.2, 0) is 9.53 Å². The summed E-state index contributed by atoms with van der Waals surface area (Å²) in [6, 6.07) is 16.2. The first-order valence-electron chi connectivity index (χ1n) is 11.5. The molecule has 0 aliphatic heterocycles. The number of rotatable bonds is 8. The molecule has 3 aromatic rings. The van der Waals surface area contributed by atoms with Crippen molar-refractivity contribution in [1.29, 1.82) is 0 Å². The number of aromatic nitrogens is 1. The van der Waals surface area contributed by atoms with Crippen molar-refractivity contribution in [2.75, 3.05) is 11.9 Å². The van der Waals surface area contributed by atoms with Gasteiger partial charge in [0.15, 0.2) is 5.13 Å². The quantitative estimate of drug-likeness (QED) is 0.414. The fraction of sp³-hybridized carbons (Fsp3) is 0.308. The first kappa shape index (κ1) is 23.0. The number of nitrogens with one attached hydrogen (secondary N) is 2. The molecule has 1 heterocycles. The number of amides is 2. The number of hydrogen-bond donors (Lipinski definition) is 3. The number of benzene rings is 2. The molecule has 2 amide bonds. The number of anilines is 1. The zero-order chi connectivity index (χ0) is 24.6. The van der Waals surface area contributed by atoms with Gasteiger partial charge in [0.2, 0.25) is 0 Å². The van der Waals surface area contributed by atoms with Crippen molar-refractivity contribution in [2.24, 2.45) is 5.92 Å². The average Bonchev–Trinajstić information content (AvgIpc) is 3.51. The molecule has 9 heteroatoms. The van der Waals surface area contributed by atoms with Crippen molar-refractivity contribution >= 4 is 34.4 Å². The van der Waals surface area contributed by atoms with E-state index in [1.165, 1.54) is 6.20 Å². The van der Waals surface area contributed by atoms with Crippen molar-refractivity contribution in [3.8, 4) is 11.1 Å². The lowest BCUT2D eigenvalue weighted by Crippen LogP contribution is -2.49. The van der Waals surface area contributed by atoms with E-state index in [0.717, 1.165) is 46.4 Å². The van der Waals surface area contributed by atoms with Crippen LogP contribution in [0.4, 0.5) is 9.93 Å². The molecule has 180 valence electrons. The molecule has 0 radical (unpaired) electrons. The maximum Gasteiger partial charge on any atom is 0.413 e. The summed E-state index contributed by atoms with van der Waals surface area (Å²) in [5.74, 6) is -1.27. The monoisotopic (exact) mass is 491 g/mol. The lowest BCUT2D eigenvalue weighted by Gasteiger charge is -2.29. The number of hydrogen-bond acceptors (Lipinski definition) is 6. The van der Waals surface area contributed by atoms with Gasteiger partial charge in [0.25, 0.3) is 5.91 Å². The van der Waals surface area contributed by atoms with Gasteiger partial charge in [0.05, 0.1) is 18.2 Å². The van der Waals surface area contributed by atoms with Crippen molar-refractivity contribution in [2.45, 2.75) is 37.6 Å².